The quantitative estimate of drug-likeness (QED) is 0.913. The molecular weight excluding hydrogens is 312 g/mol. The van der Waals surface area contributed by atoms with Crippen LogP contribution in [0.1, 0.15) is 48.8 Å². The zero-order chi connectivity index (χ0) is 17.8. The Bertz CT molecular complexity index is 577. The van der Waals surface area contributed by atoms with E-state index in [4.69, 9.17) is 0 Å². The van der Waals surface area contributed by atoms with Crippen LogP contribution in [0.3, 0.4) is 0 Å². The Balaban J connectivity index is 1.46. The lowest BCUT2D eigenvalue weighted by Gasteiger charge is -2.40. The van der Waals surface area contributed by atoms with Gasteiger partial charge in [0.2, 0.25) is 5.91 Å². The Morgan fingerprint density at radius 1 is 1.08 bits per heavy atom. The lowest BCUT2D eigenvalue weighted by Crippen LogP contribution is -2.48. The molecule has 0 saturated carbocycles. The highest BCUT2D eigenvalue weighted by Crippen LogP contribution is 2.24. The molecule has 4 nitrogen and oxygen atoms in total. The van der Waals surface area contributed by atoms with E-state index in [0.717, 1.165) is 42.6 Å². The number of phenols is 1. The molecule has 1 aromatic carbocycles. The topological polar surface area (TPSA) is 43.8 Å². The molecule has 0 spiro atoms. The van der Waals surface area contributed by atoms with E-state index in [1.54, 1.807) is 6.42 Å². The Kier molecular flexibility index (Phi) is 6.00. The number of carbonyl (C=O) groups excluding carboxylic acids is 1. The third-order valence-electron chi connectivity index (χ3n) is 5.75. The second kappa shape index (κ2) is 8.22. The summed E-state index contributed by atoms with van der Waals surface area (Å²) >= 11 is 0. The molecule has 0 unspecified atom stereocenters. The minimum absolute atomic E-state index is 0.153. The van der Waals surface area contributed by atoms with Gasteiger partial charge in [-0.05, 0) is 75.7 Å². The molecule has 1 radical (unpaired) electrons. The molecule has 2 heterocycles. The molecule has 25 heavy (non-hydrogen) atoms. The summed E-state index contributed by atoms with van der Waals surface area (Å²) in [4.78, 5) is 17.1. The van der Waals surface area contributed by atoms with Crippen LogP contribution in [0.15, 0.2) is 12.1 Å². The molecule has 1 N–H and O–H groups in total. The number of hydrogen-bond donors (Lipinski definition) is 1. The summed E-state index contributed by atoms with van der Waals surface area (Å²) in [6.07, 6.45) is 8.68. The monoisotopic (exact) mass is 343 g/mol. The van der Waals surface area contributed by atoms with Gasteiger partial charge in [0.1, 0.15) is 5.75 Å². The molecule has 4 heteroatoms. The Hall–Kier alpha value is -1.55. The van der Waals surface area contributed by atoms with Gasteiger partial charge in [0.25, 0.3) is 0 Å². The van der Waals surface area contributed by atoms with Crippen molar-refractivity contribution in [3.8, 4) is 5.75 Å². The van der Waals surface area contributed by atoms with E-state index in [2.05, 4.69) is 4.90 Å². The zero-order valence-electron chi connectivity index (χ0n) is 15.6. The molecule has 137 valence electrons. The van der Waals surface area contributed by atoms with E-state index >= 15 is 0 Å². The molecule has 0 bridgehead atoms. The molecule has 2 saturated heterocycles. The van der Waals surface area contributed by atoms with Crippen molar-refractivity contribution in [1.29, 1.82) is 0 Å². The summed E-state index contributed by atoms with van der Waals surface area (Å²) in [6.45, 7) is 8.04. The van der Waals surface area contributed by atoms with Crippen LogP contribution in [0.2, 0.25) is 0 Å². The van der Waals surface area contributed by atoms with Crippen LogP contribution in [-0.4, -0.2) is 53.0 Å². The number of amides is 1. The van der Waals surface area contributed by atoms with Gasteiger partial charge in [0.05, 0.1) is 6.42 Å². The summed E-state index contributed by atoms with van der Waals surface area (Å²) < 4.78 is 0. The first-order valence-electron chi connectivity index (χ1n) is 9.70. The smallest absolute Gasteiger partial charge is 0.226 e. The van der Waals surface area contributed by atoms with Crippen LogP contribution in [0, 0.1) is 20.3 Å². The van der Waals surface area contributed by atoms with E-state index in [0.29, 0.717) is 18.2 Å². The molecule has 1 amide bonds. The molecule has 2 aliphatic heterocycles. The van der Waals surface area contributed by atoms with Crippen LogP contribution in [-0.2, 0) is 11.2 Å². The molecule has 0 atom stereocenters. The van der Waals surface area contributed by atoms with Gasteiger partial charge in [-0.15, -0.1) is 0 Å². The second-order valence-electron chi connectivity index (χ2n) is 7.64. The lowest BCUT2D eigenvalue weighted by molar-refractivity contribution is -0.129. The van der Waals surface area contributed by atoms with Gasteiger partial charge in [-0.3, -0.25) is 4.79 Å². The van der Waals surface area contributed by atoms with Crippen LogP contribution in [0.4, 0.5) is 0 Å². The number of rotatable bonds is 4. The van der Waals surface area contributed by atoms with Crippen molar-refractivity contribution in [2.75, 3.05) is 26.2 Å². The van der Waals surface area contributed by atoms with Crippen LogP contribution in [0.5, 0.6) is 5.75 Å². The normalized spacial score (nSPS) is 20.0. The molecule has 0 aliphatic carbocycles. The highest BCUT2D eigenvalue weighted by atomic mass is 16.3. The van der Waals surface area contributed by atoms with Crippen molar-refractivity contribution in [3.63, 3.8) is 0 Å². The summed E-state index contributed by atoms with van der Waals surface area (Å²) in [5.74, 6) is 0.510. The van der Waals surface area contributed by atoms with Crippen molar-refractivity contribution in [3.05, 3.63) is 35.2 Å². The number of likely N-dealkylation sites (tertiary alicyclic amines) is 2. The number of nitrogens with zero attached hydrogens (tertiary/aromatic N) is 2. The summed E-state index contributed by atoms with van der Waals surface area (Å²) in [5, 5.41) is 9.85. The fraction of sp³-hybridized carbons (Fsp3) is 0.619. The van der Waals surface area contributed by atoms with Crippen molar-refractivity contribution < 1.29 is 9.90 Å². The largest absolute Gasteiger partial charge is 0.507 e. The second-order valence-corrected chi connectivity index (χ2v) is 7.64. The standard InChI is InChI=1S/C21H31N2O2/c1-16-14-18(15-17(2)21(16)25)6-7-20(24)23-12-8-19(9-13-23)22-10-4-3-5-11-22/h7,14-15,19,25H,3-6,8-13H2,1-2H3. The number of aryl methyl sites for hydroxylation is 2. The first-order chi connectivity index (χ1) is 12.0. The van der Waals surface area contributed by atoms with Gasteiger partial charge < -0.3 is 14.9 Å². The molecule has 0 aromatic heterocycles. The molecule has 3 rings (SSSR count). The van der Waals surface area contributed by atoms with Crippen LogP contribution in [0.25, 0.3) is 0 Å². The van der Waals surface area contributed by atoms with Gasteiger partial charge in [0, 0.05) is 19.1 Å². The zero-order valence-corrected chi connectivity index (χ0v) is 15.6. The molecule has 1 aromatic rings. The fourth-order valence-electron chi connectivity index (χ4n) is 4.23. The van der Waals surface area contributed by atoms with Crippen molar-refractivity contribution in [2.24, 2.45) is 0 Å². The van der Waals surface area contributed by atoms with E-state index in [1.165, 1.54) is 32.4 Å². The SMILES string of the molecule is Cc1cc(C[CH]C(=O)N2CCC(N3CCCCC3)CC2)cc(C)c1O. The number of carbonyl (C=O) groups is 1. The fourth-order valence-corrected chi connectivity index (χ4v) is 4.23. The first kappa shape index (κ1) is 18.2. The van der Waals surface area contributed by atoms with Crippen molar-refractivity contribution in [2.45, 2.75) is 58.4 Å². The molecule has 2 fully saturated rings. The summed E-state index contributed by atoms with van der Waals surface area (Å²) in [5.41, 5.74) is 2.83. The number of phenolic OH excluding ortho intramolecular Hbond substituents is 1. The maximum Gasteiger partial charge on any atom is 0.226 e. The highest BCUT2D eigenvalue weighted by Gasteiger charge is 2.27. The number of hydrogen-bond acceptors (Lipinski definition) is 3. The lowest BCUT2D eigenvalue weighted by atomic mass is 9.99. The number of benzene rings is 1. The Morgan fingerprint density at radius 3 is 2.28 bits per heavy atom. The van der Waals surface area contributed by atoms with Gasteiger partial charge in [0.15, 0.2) is 0 Å². The summed E-state index contributed by atoms with van der Waals surface area (Å²) in [6, 6.07) is 4.61. The predicted molar refractivity (Wildman–Crippen MR) is 101 cm³/mol. The third-order valence-corrected chi connectivity index (χ3v) is 5.75. The number of aromatic hydroxyl groups is 1. The molecular formula is C21H31N2O2. The molecule has 2 aliphatic rings. The highest BCUT2D eigenvalue weighted by molar-refractivity contribution is 5.85. The minimum atomic E-state index is 0.153. The van der Waals surface area contributed by atoms with Crippen molar-refractivity contribution in [1.82, 2.24) is 9.80 Å². The van der Waals surface area contributed by atoms with Gasteiger partial charge in [-0.2, -0.15) is 0 Å². The number of piperidine rings is 2. The average molecular weight is 343 g/mol. The van der Waals surface area contributed by atoms with Crippen LogP contribution < -0.4 is 0 Å². The summed E-state index contributed by atoms with van der Waals surface area (Å²) in [7, 11) is 0. The third kappa shape index (κ3) is 4.55. The van der Waals surface area contributed by atoms with Crippen molar-refractivity contribution >= 4 is 5.91 Å². The maximum absolute atomic E-state index is 12.5. The Labute approximate surface area is 151 Å². The van der Waals surface area contributed by atoms with E-state index in [9.17, 15) is 9.90 Å². The van der Waals surface area contributed by atoms with Crippen LogP contribution >= 0.6 is 0 Å². The van der Waals surface area contributed by atoms with Gasteiger partial charge in [-0.1, -0.05) is 18.6 Å². The first-order valence-corrected chi connectivity index (χ1v) is 9.70. The average Bonchev–Trinajstić information content (AvgIpc) is 2.65. The maximum atomic E-state index is 12.5. The van der Waals surface area contributed by atoms with E-state index in [-0.39, 0.29) is 5.91 Å². The van der Waals surface area contributed by atoms with Gasteiger partial charge in [-0.25, -0.2) is 0 Å². The van der Waals surface area contributed by atoms with Gasteiger partial charge >= 0.3 is 0 Å². The minimum Gasteiger partial charge on any atom is -0.507 e. The van der Waals surface area contributed by atoms with E-state index < -0.39 is 0 Å². The van der Waals surface area contributed by atoms with E-state index in [1.807, 2.05) is 30.9 Å². The Morgan fingerprint density at radius 2 is 1.68 bits per heavy atom. The predicted octanol–water partition coefficient (Wildman–Crippen LogP) is 3.23.